The van der Waals surface area contributed by atoms with E-state index in [0.29, 0.717) is 0 Å². The lowest BCUT2D eigenvalue weighted by Gasteiger charge is -2.37. The topological polar surface area (TPSA) is 44.3 Å². The first-order chi connectivity index (χ1) is 13.7. The van der Waals surface area contributed by atoms with E-state index in [1.165, 1.54) is 22.4 Å². The van der Waals surface area contributed by atoms with E-state index < -0.39 is 0 Å². The van der Waals surface area contributed by atoms with E-state index in [2.05, 4.69) is 76.4 Å². The summed E-state index contributed by atoms with van der Waals surface area (Å²) in [7, 11) is 0. The Kier molecular flexibility index (Phi) is 5.42. The molecule has 1 fully saturated rings. The molecule has 0 atom stereocenters. The molecule has 0 radical (unpaired) electrons. The van der Waals surface area contributed by atoms with Crippen molar-refractivity contribution in [3.05, 3.63) is 77.5 Å². The Labute approximate surface area is 167 Å². The summed E-state index contributed by atoms with van der Waals surface area (Å²) >= 11 is 0. The number of nitrogens with one attached hydrogen (secondary N) is 1. The quantitative estimate of drug-likeness (QED) is 0.731. The first kappa shape index (κ1) is 18.3. The monoisotopic (exact) mass is 373 g/mol. The van der Waals surface area contributed by atoms with Crippen LogP contribution in [0.3, 0.4) is 0 Å². The van der Waals surface area contributed by atoms with E-state index in [0.717, 1.165) is 44.5 Å². The van der Waals surface area contributed by atoms with Crippen molar-refractivity contribution >= 4 is 17.5 Å². The number of anilines is 3. The number of rotatable bonds is 5. The first-order valence-corrected chi connectivity index (χ1v) is 9.87. The number of hydrogen-bond donors (Lipinski definition) is 1. The number of aryl methyl sites for hydroxylation is 1. The van der Waals surface area contributed by atoms with Crippen LogP contribution in [0.2, 0.25) is 0 Å². The van der Waals surface area contributed by atoms with E-state index in [-0.39, 0.29) is 0 Å². The molecule has 5 heteroatoms. The fourth-order valence-corrected chi connectivity index (χ4v) is 3.61. The maximum atomic E-state index is 4.73. The van der Waals surface area contributed by atoms with Gasteiger partial charge in [-0.2, -0.15) is 4.98 Å². The third-order valence-electron chi connectivity index (χ3n) is 5.44. The van der Waals surface area contributed by atoms with Crippen LogP contribution < -0.4 is 15.1 Å². The predicted octanol–water partition coefficient (Wildman–Crippen LogP) is 4.03. The summed E-state index contributed by atoms with van der Waals surface area (Å²) in [6.07, 6.45) is 1.84. The molecular weight excluding hydrogens is 346 g/mol. The molecule has 1 N–H and O–H groups in total. The number of benzene rings is 2. The summed E-state index contributed by atoms with van der Waals surface area (Å²) < 4.78 is 0. The van der Waals surface area contributed by atoms with Crippen LogP contribution in [0.5, 0.6) is 0 Å². The van der Waals surface area contributed by atoms with Crippen LogP contribution in [-0.2, 0) is 6.54 Å². The van der Waals surface area contributed by atoms with Gasteiger partial charge >= 0.3 is 0 Å². The van der Waals surface area contributed by atoms with Crippen LogP contribution in [0.15, 0.2) is 60.8 Å². The van der Waals surface area contributed by atoms with Gasteiger partial charge in [-0.25, -0.2) is 4.98 Å². The van der Waals surface area contributed by atoms with Gasteiger partial charge in [-0.1, -0.05) is 42.5 Å². The largest absolute Gasteiger partial charge is 0.368 e. The van der Waals surface area contributed by atoms with Crippen LogP contribution >= 0.6 is 0 Å². The molecule has 0 saturated carbocycles. The molecule has 0 bridgehead atoms. The number of hydrogen-bond acceptors (Lipinski definition) is 5. The Bertz CT molecular complexity index is 917. The fourth-order valence-electron chi connectivity index (χ4n) is 3.61. The molecule has 1 aliphatic heterocycles. The van der Waals surface area contributed by atoms with Gasteiger partial charge < -0.3 is 15.1 Å². The third-order valence-corrected chi connectivity index (χ3v) is 5.44. The average Bonchev–Trinajstić information content (AvgIpc) is 2.75. The SMILES string of the molecule is Cc1cccc(N2CCN(c3nccc(NCc4ccccc4)n3)CC2)c1C. The average molecular weight is 374 g/mol. The Hall–Kier alpha value is -3.08. The summed E-state index contributed by atoms with van der Waals surface area (Å²) in [5.41, 5.74) is 5.31. The van der Waals surface area contributed by atoms with Crippen LogP contribution in [0.25, 0.3) is 0 Å². The molecule has 3 aromatic rings. The van der Waals surface area contributed by atoms with Crippen LogP contribution in [0.4, 0.5) is 17.5 Å². The molecule has 0 amide bonds. The number of aromatic nitrogens is 2. The van der Waals surface area contributed by atoms with Crippen molar-refractivity contribution in [3.63, 3.8) is 0 Å². The molecule has 0 spiro atoms. The molecular formula is C23H27N5. The van der Waals surface area contributed by atoms with Gasteiger partial charge in [0.05, 0.1) is 0 Å². The Balaban J connectivity index is 1.39. The molecule has 28 heavy (non-hydrogen) atoms. The number of nitrogens with zero attached hydrogens (tertiary/aromatic N) is 4. The number of piperazine rings is 1. The van der Waals surface area contributed by atoms with E-state index >= 15 is 0 Å². The summed E-state index contributed by atoms with van der Waals surface area (Å²) in [5, 5.41) is 3.40. The molecule has 0 aliphatic carbocycles. The fraction of sp³-hybridized carbons (Fsp3) is 0.304. The minimum absolute atomic E-state index is 0.762. The standard InChI is InChI=1S/C23H27N5/c1-18-7-6-10-21(19(18)2)27-13-15-28(16-14-27)23-24-12-11-22(26-23)25-17-20-8-4-3-5-9-20/h3-12H,13-17H2,1-2H3,(H,24,25,26). The molecule has 0 unspecified atom stereocenters. The molecule has 2 heterocycles. The Morgan fingerprint density at radius 1 is 0.857 bits per heavy atom. The summed E-state index contributed by atoms with van der Waals surface area (Å²) in [5.74, 6) is 1.67. The van der Waals surface area contributed by atoms with Crippen molar-refractivity contribution in [2.45, 2.75) is 20.4 Å². The normalized spacial score (nSPS) is 14.2. The van der Waals surface area contributed by atoms with Gasteiger partial charge in [0.1, 0.15) is 5.82 Å². The van der Waals surface area contributed by atoms with Crippen LogP contribution in [0, 0.1) is 13.8 Å². The molecule has 5 nitrogen and oxygen atoms in total. The summed E-state index contributed by atoms with van der Waals surface area (Å²) in [4.78, 5) is 14.0. The van der Waals surface area contributed by atoms with E-state index in [1.807, 2.05) is 18.3 Å². The highest BCUT2D eigenvalue weighted by atomic mass is 15.3. The molecule has 1 saturated heterocycles. The first-order valence-electron chi connectivity index (χ1n) is 9.87. The molecule has 4 rings (SSSR count). The van der Waals surface area contributed by atoms with Gasteiger partial charge in [-0.15, -0.1) is 0 Å². The van der Waals surface area contributed by atoms with E-state index in [9.17, 15) is 0 Å². The minimum Gasteiger partial charge on any atom is -0.368 e. The maximum Gasteiger partial charge on any atom is 0.227 e. The van der Waals surface area contributed by atoms with Gasteiger partial charge in [0.2, 0.25) is 5.95 Å². The zero-order chi connectivity index (χ0) is 19.3. The molecule has 1 aliphatic rings. The van der Waals surface area contributed by atoms with Crippen molar-refractivity contribution in [1.29, 1.82) is 0 Å². The second-order valence-electron chi connectivity index (χ2n) is 7.27. The highest BCUT2D eigenvalue weighted by Gasteiger charge is 2.20. The van der Waals surface area contributed by atoms with Crippen molar-refractivity contribution in [1.82, 2.24) is 9.97 Å². The Morgan fingerprint density at radius 3 is 2.39 bits per heavy atom. The smallest absolute Gasteiger partial charge is 0.227 e. The Morgan fingerprint density at radius 2 is 1.61 bits per heavy atom. The second-order valence-corrected chi connectivity index (χ2v) is 7.27. The van der Waals surface area contributed by atoms with Gasteiger partial charge in [0.15, 0.2) is 0 Å². The summed E-state index contributed by atoms with van der Waals surface area (Å²) in [6, 6.07) is 18.8. The second kappa shape index (κ2) is 8.30. The predicted molar refractivity (Wildman–Crippen MR) is 116 cm³/mol. The van der Waals surface area contributed by atoms with Gasteiger partial charge in [0, 0.05) is 44.6 Å². The van der Waals surface area contributed by atoms with Crippen molar-refractivity contribution in [3.8, 4) is 0 Å². The van der Waals surface area contributed by atoms with Crippen molar-refractivity contribution in [2.75, 3.05) is 41.3 Å². The maximum absolute atomic E-state index is 4.73. The zero-order valence-electron chi connectivity index (χ0n) is 16.6. The lowest BCUT2D eigenvalue weighted by Crippen LogP contribution is -2.47. The van der Waals surface area contributed by atoms with Gasteiger partial charge in [-0.05, 0) is 42.7 Å². The molecule has 2 aromatic carbocycles. The van der Waals surface area contributed by atoms with E-state index in [4.69, 9.17) is 4.98 Å². The van der Waals surface area contributed by atoms with Gasteiger partial charge in [-0.3, -0.25) is 0 Å². The zero-order valence-corrected chi connectivity index (χ0v) is 16.6. The highest BCUT2D eigenvalue weighted by Crippen LogP contribution is 2.24. The van der Waals surface area contributed by atoms with Gasteiger partial charge in [0.25, 0.3) is 0 Å². The highest BCUT2D eigenvalue weighted by molar-refractivity contribution is 5.57. The van der Waals surface area contributed by atoms with Crippen LogP contribution in [0.1, 0.15) is 16.7 Å². The molecule has 1 aromatic heterocycles. The minimum atomic E-state index is 0.762. The van der Waals surface area contributed by atoms with Crippen LogP contribution in [-0.4, -0.2) is 36.1 Å². The van der Waals surface area contributed by atoms with Crippen molar-refractivity contribution in [2.24, 2.45) is 0 Å². The lowest BCUT2D eigenvalue weighted by molar-refractivity contribution is 0.639. The molecule has 144 valence electrons. The summed E-state index contributed by atoms with van der Waals surface area (Å²) in [6.45, 7) is 8.96. The van der Waals surface area contributed by atoms with E-state index in [1.54, 1.807) is 0 Å². The lowest BCUT2D eigenvalue weighted by atomic mass is 10.1. The third kappa shape index (κ3) is 4.09. The van der Waals surface area contributed by atoms with Crippen molar-refractivity contribution < 1.29 is 0 Å².